The van der Waals surface area contributed by atoms with Crippen LogP contribution in [0.1, 0.15) is 52.4 Å². The lowest BCUT2D eigenvalue weighted by Gasteiger charge is -2.39. The first-order valence-corrected chi connectivity index (χ1v) is 6.00. The first-order valence-electron chi connectivity index (χ1n) is 6.00. The van der Waals surface area contributed by atoms with Gasteiger partial charge in [-0.3, -0.25) is 4.79 Å². The van der Waals surface area contributed by atoms with E-state index in [-0.39, 0.29) is 18.3 Å². The highest BCUT2D eigenvalue weighted by molar-refractivity contribution is 5.70. The summed E-state index contributed by atoms with van der Waals surface area (Å²) in [5, 5.41) is 10.4. The first kappa shape index (κ1) is 12.5. The molecule has 1 aliphatic carbocycles. The topological polar surface area (TPSA) is 46.5 Å². The van der Waals surface area contributed by atoms with Crippen LogP contribution in [0.25, 0.3) is 0 Å². The predicted molar refractivity (Wildman–Crippen MR) is 58.4 cm³/mol. The second-order valence-corrected chi connectivity index (χ2v) is 4.44. The smallest absolute Gasteiger partial charge is 0.308 e. The van der Waals surface area contributed by atoms with Crippen molar-refractivity contribution in [3.63, 3.8) is 0 Å². The minimum absolute atomic E-state index is 0.166. The molecule has 0 saturated heterocycles. The zero-order chi connectivity index (χ0) is 11.3. The van der Waals surface area contributed by atoms with Crippen molar-refractivity contribution in [1.82, 2.24) is 0 Å². The van der Waals surface area contributed by atoms with E-state index in [1.807, 2.05) is 0 Å². The third-order valence-corrected chi connectivity index (χ3v) is 3.42. The normalized spacial score (nSPS) is 31.3. The fraction of sp³-hybridized carbons (Fsp3) is 0.917. The highest BCUT2D eigenvalue weighted by Crippen LogP contribution is 2.38. The molecule has 0 aromatic heterocycles. The van der Waals surface area contributed by atoms with Gasteiger partial charge in [-0.2, -0.15) is 0 Å². The van der Waals surface area contributed by atoms with Gasteiger partial charge in [0.1, 0.15) is 0 Å². The Labute approximate surface area is 91.8 Å². The van der Waals surface area contributed by atoms with Crippen molar-refractivity contribution in [2.24, 2.45) is 5.92 Å². The molecule has 0 aromatic carbocycles. The van der Waals surface area contributed by atoms with Crippen molar-refractivity contribution in [2.45, 2.75) is 58.0 Å². The molecule has 2 unspecified atom stereocenters. The summed E-state index contributed by atoms with van der Waals surface area (Å²) in [5.41, 5.74) is -0.806. The average Bonchev–Trinajstić information content (AvgIpc) is 2.18. The number of hydrogen-bond acceptors (Lipinski definition) is 3. The summed E-state index contributed by atoms with van der Waals surface area (Å²) < 4.78 is 4.90. The minimum atomic E-state index is -0.806. The van der Waals surface area contributed by atoms with Gasteiger partial charge in [-0.25, -0.2) is 0 Å². The van der Waals surface area contributed by atoms with Crippen LogP contribution in [0, 0.1) is 5.92 Å². The van der Waals surface area contributed by atoms with E-state index in [2.05, 4.69) is 6.92 Å². The molecule has 0 aliphatic heterocycles. The highest BCUT2D eigenvalue weighted by atomic mass is 16.5. The molecule has 2 atom stereocenters. The lowest BCUT2D eigenvalue weighted by molar-refractivity contribution is -0.153. The van der Waals surface area contributed by atoms with Gasteiger partial charge in [-0.1, -0.05) is 26.2 Å². The van der Waals surface area contributed by atoms with Crippen LogP contribution in [0.15, 0.2) is 0 Å². The molecule has 1 fully saturated rings. The lowest BCUT2D eigenvalue weighted by Crippen LogP contribution is -2.42. The Balaban J connectivity index is 2.57. The summed E-state index contributed by atoms with van der Waals surface area (Å²) in [6.07, 6.45) is 5.07. The fourth-order valence-corrected chi connectivity index (χ4v) is 2.57. The van der Waals surface area contributed by atoms with E-state index in [9.17, 15) is 9.90 Å². The molecule has 1 rings (SSSR count). The van der Waals surface area contributed by atoms with Crippen LogP contribution in [-0.2, 0) is 9.53 Å². The number of ether oxygens (including phenoxy) is 1. The van der Waals surface area contributed by atoms with Crippen molar-refractivity contribution in [1.29, 1.82) is 0 Å². The molecule has 3 nitrogen and oxygen atoms in total. The Morgan fingerprint density at radius 1 is 1.47 bits per heavy atom. The summed E-state index contributed by atoms with van der Waals surface area (Å²) in [6.45, 7) is 4.26. The summed E-state index contributed by atoms with van der Waals surface area (Å²) in [4.78, 5) is 11.4. The Morgan fingerprint density at radius 3 is 2.80 bits per heavy atom. The van der Waals surface area contributed by atoms with E-state index >= 15 is 0 Å². The molecular weight excluding hydrogens is 192 g/mol. The highest BCUT2D eigenvalue weighted by Gasteiger charge is 2.39. The zero-order valence-corrected chi connectivity index (χ0v) is 9.79. The third-order valence-electron chi connectivity index (χ3n) is 3.42. The Kier molecular flexibility index (Phi) is 4.58. The number of hydrogen-bond donors (Lipinski definition) is 1. The predicted octanol–water partition coefficient (Wildman–Crippen LogP) is 2.27. The molecule has 0 radical (unpaired) electrons. The maximum absolute atomic E-state index is 11.4. The molecule has 1 N–H and O–H groups in total. The fourth-order valence-electron chi connectivity index (χ4n) is 2.57. The van der Waals surface area contributed by atoms with Crippen LogP contribution in [0.5, 0.6) is 0 Å². The maximum atomic E-state index is 11.4. The van der Waals surface area contributed by atoms with E-state index in [0.29, 0.717) is 6.61 Å². The second-order valence-electron chi connectivity index (χ2n) is 4.44. The molecule has 0 heterocycles. The van der Waals surface area contributed by atoms with Crippen molar-refractivity contribution in [3.05, 3.63) is 0 Å². The average molecular weight is 214 g/mol. The number of carbonyl (C=O) groups excluding carboxylic acids is 1. The number of aliphatic hydroxyl groups is 1. The van der Waals surface area contributed by atoms with E-state index in [1.54, 1.807) is 6.92 Å². The summed E-state index contributed by atoms with van der Waals surface area (Å²) in [7, 11) is 0. The Bertz CT molecular complexity index is 215. The van der Waals surface area contributed by atoms with Gasteiger partial charge in [0.05, 0.1) is 18.6 Å². The molecule has 3 heteroatoms. The van der Waals surface area contributed by atoms with Gasteiger partial charge < -0.3 is 9.84 Å². The monoisotopic (exact) mass is 214 g/mol. The van der Waals surface area contributed by atoms with E-state index < -0.39 is 5.60 Å². The van der Waals surface area contributed by atoms with Crippen LogP contribution in [0.3, 0.4) is 0 Å². The molecule has 88 valence electrons. The minimum Gasteiger partial charge on any atom is -0.466 e. The van der Waals surface area contributed by atoms with Crippen LogP contribution < -0.4 is 0 Å². The van der Waals surface area contributed by atoms with Gasteiger partial charge in [0.25, 0.3) is 0 Å². The maximum Gasteiger partial charge on any atom is 0.308 e. The van der Waals surface area contributed by atoms with Gasteiger partial charge in [0, 0.05) is 0 Å². The summed E-state index contributed by atoms with van der Waals surface area (Å²) in [5.74, 6) is -0.00370. The quantitative estimate of drug-likeness (QED) is 0.730. The number of esters is 1. The molecule has 1 saturated carbocycles. The standard InChI is InChI=1S/C12H22O3/c1-3-10-7-5-6-8-12(10,14)9-11(13)15-4-2/h10,14H,3-9H2,1-2H3. The number of carbonyl (C=O) groups is 1. The van der Waals surface area contributed by atoms with Crippen LogP contribution >= 0.6 is 0 Å². The van der Waals surface area contributed by atoms with Crippen molar-refractivity contribution >= 4 is 5.97 Å². The van der Waals surface area contributed by atoms with Crippen LogP contribution in [-0.4, -0.2) is 23.3 Å². The molecule has 0 bridgehead atoms. The SMILES string of the molecule is CCOC(=O)CC1(O)CCCCC1CC. The largest absolute Gasteiger partial charge is 0.466 e. The van der Waals surface area contributed by atoms with E-state index in [1.165, 1.54) is 6.42 Å². The van der Waals surface area contributed by atoms with Gasteiger partial charge in [-0.05, 0) is 25.7 Å². The third kappa shape index (κ3) is 3.20. The van der Waals surface area contributed by atoms with Crippen molar-refractivity contribution in [2.75, 3.05) is 6.61 Å². The Morgan fingerprint density at radius 2 is 2.20 bits per heavy atom. The molecule has 15 heavy (non-hydrogen) atoms. The van der Waals surface area contributed by atoms with E-state index in [0.717, 1.165) is 25.7 Å². The molecule has 0 spiro atoms. The zero-order valence-electron chi connectivity index (χ0n) is 9.79. The summed E-state index contributed by atoms with van der Waals surface area (Å²) >= 11 is 0. The van der Waals surface area contributed by atoms with Gasteiger partial charge in [0.2, 0.25) is 0 Å². The number of rotatable bonds is 4. The van der Waals surface area contributed by atoms with Gasteiger partial charge >= 0.3 is 5.97 Å². The first-order chi connectivity index (χ1) is 7.12. The van der Waals surface area contributed by atoms with Gasteiger partial charge in [0.15, 0.2) is 0 Å². The molecule has 0 aromatic rings. The van der Waals surface area contributed by atoms with Crippen molar-refractivity contribution < 1.29 is 14.6 Å². The molecule has 1 aliphatic rings. The Hall–Kier alpha value is -0.570. The second kappa shape index (κ2) is 5.50. The van der Waals surface area contributed by atoms with Crippen LogP contribution in [0.4, 0.5) is 0 Å². The lowest BCUT2D eigenvalue weighted by atomic mass is 9.72. The van der Waals surface area contributed by atoms with Crippen molar-refractivity contribution in [3.8, 4) is 0 Å². The van der Waals surface area contributed by atoms with Crippen LogP contribution in [0.2, 0.25) is 0 Å². The summed E-state index contributed by atoms with van der Waals surface area (Å²) in [6, 6.07) is 0. The van der Waals surface area contributed by atoms with Gasteiger partial charge in [-0.15, -0.1) is 0 Å². The van der Waals surface area contributed by atoms with E-state index in [4.69, 9.17) is 4.74 Å². The molecule has 0 amide bonds. The molecular formula is C12H22O3.